The van der Waals surface area contributed by atoms with Crippen molar-refractivity contribution in [2.45, 2.75) is 0 Å². The Kier molecular flexibility index (Phi) is 2.23. The maximum absolute atomic E-state index is 10.5. The summed E-state index contributed by atoms with van der Waals surface area (Å²) in [6, 6.07) is 14.6. The molecule has 1 aromatic heterocycles. The Morgan fingerprint density at radius 2 is 2.15 bits per heavy atom. The van der Waals surface area contributed by atoms with E-state index < -0.39 is 0 Å². The van der Waals surface area contributed by atoms with Crippen LogP contribution in [0.4, 0.5) is 0 Å². The van der Waals surface area contributed by atoms with Gasteiger partial charge in [0.25, 0.3) is 0 Å². The number of hydrogen-bond donors (Lipinski definition) is 0. The predicted molar refractivity (Wildman–Crippen MR) is 54.0 cm³/mol. The summed E-state index contributed by atoms with van der Waals surface area (Å²) in [6.07, 6.45) is 0.872. The third-order valence-electron chi connectivity index (χ3n) is 1.72. The van der Waals surface area contributed by atoms with Gasteiger partial charge in [-0.25, -0.2) is 0 Å². The fourth-order valence-corrected chi connectivity index (χ4v) is 1.92. The lowest BCUT2D eigenvalue weighted by atomic mass is 10.2. The summed E-state index contributed by atoms with van der Waals surface area (Å²) in [5.41, 5.74) is 1.04. The number of aldehydes is 1. The minimum Gasteiger partial charge on any atom is -0.297 e. The molecule has 1 heterocycles. The second-order valence-electron chi connectivity index (χ2n) is 2.60. The first-order valence-corrected chi connectivity index (χ1v) is 4.74. The van der Waals surface area contributed by atoms with E-state index in [9.17, 15) is 4.79 Å². The summed E-state index contributed by atoms with van der Waals surface area (Å²) in [6.45, 7) is 0. The molecule has 0 amide bonds. The average molecular weight is 187 g/mol. The van der Waals surface area contributed by atoms with Crippen molar-refractivity contribution in [1.29, 1.82) is 0 Å². The largest absolute Gasteiger partial charge is 0.297 e. The topological polar surface area (TPSA) is 17.1 Å². The zero-order chi connectivity index (χ0) is 9.10. The van der Waals surface area contributed by atoms with Gasteiger partial charge in [-0.2, -0.15) is 0 Å². The Morgan fingerprint density at radius 3 is 2.77 bits per heavy atom. The molecule has 0 atom stereocenters. The summed E-state index contributed by atoms with van der Waals surface area (Å²) in [5, 5.41) is 0. The molecule has 0 N–H and O–H groups in total. The Hall–Kier alpha value is -1.41. The van der Waals surface area contributed by atoms with Crippen LogP contribution in [0.25, 0.3) is 10.4 Å². The molecule has 0 saturated carbocycles. The van der Waals surface area contributed by atoms with Crippen LogP contribution in [-0.2, 0) is 0 Å². The molecule has 0 unspecified atom stereocenters. The standard InChI is InChI=1S/C11H7OS/c12-8-10-6-7-11(13-10)9-4-2-1-3-5-9/h1-4,6-8H. The second kappa shape index (κ2) is 3.54. The van der Waals surface area contributed by atoms with Crippen LogP contribution in [0.1, 0.15) is 9.67 Å². The molecule has 2 rings (SSSR count). The SMILES string of the molecule is O=Cc1ccc(-c2[c]cccc2)s1. The van der Waals surface area contributed by atoms with Crippen LogP contribution < -0.4 is 0 Å². The van der Waals surface area contributed by atoms with Crippen molar-refractivity contribution < 1.29 is 4.79 Å². The van der Waals surface area contributed by atoms with E-state index in [1.807, 2.05) is 36.4 Å². The molecule has 0 spiro atoms. The number of rotatable bonds is 2. The fraction of sp³-hybridized carbons (Fsp3) is 0. The van der Waals surface area contributed by atoms with Crippen LogP contribution in [0.2, 0.25) is 0 Å². The highest BCUT2D eigenvalue weighted by Gasteiger charge is 2.00. The Bertz CT molecular complexity index is 403. The van der Waals surface area contributed by atoms with Crippen molar-refractivity contribution in [3.8, 4) is 10.4 Å². The van der Waals surface area contributed by atoms with Gasteiger partial charge in [0.1, 0.15) is 0 Å². The van der Waals surface area contributed by atoms with Gasteiger partial charge in [-0.15, -0.1) is 11.3 Å². The van der Waals surface area contributed by atoms with Crippen LogP contribution >= 0.6 is 11.3 Å². The average Bonchev–Trinajstić information content (AvgIpc) is 2.67. The number of thiophene rings is 1. The maximum atomic E-state index is 10.5. The highest BCUT2D eigenvalue weighted by atomic mass is 32.1. The highest BCUT2D eigenvalue weighted by molar-refractivity contribution is 7.17. The first-order valence-electron chi connectivity index (χ1n) is 3.92. The molecular formula is C11H7OS. The molecule has 0 saturated heterocycles. The molecule has 13 heavy (non-hydrogen) atoms. The third-order valence-corrected chi connectivity index (χ3v) is 2.76. The number of hydrogen-bond acceptors (Lipinski definition) is 2. The molecule has 2 aromatic rings. The van der Waals surface area contributed by atoms with Gasteiger partial charge < -0.3 is 0 Å². The predicted octanol–water partition coefficient (Wildman–Crippen LogP) is 3.03. The normalized spacial score (nSPS) is 9.85. The van der Waals surface area contributed by atoms with E-state index in [-0.39, 0.29) is 0 Å². The molecule has 63 valence electrons. The lowest BCUT2D eigenvalue weighted by Crippen LogP contribution is -1.68. The van der Waals surface area contributed by atoms with Crippen LogP contribution in [0, 0.1) is 6.07 Å². The van der Waals surface area contributed by atoms with Crippen LogP contribution in [0.3, 0.4) is 0 Å². The van der Waals surface area contributed by atoms with Crippen LogP contribution in [0.15, 0.2) is 36.4 Å². The van der Waals surface area contributed by atoms with E-state index in [2.05, 4.69) is 6.07 Å². The van der Waals surface area contributed by atoms with Gasteiger partial charge in [0.15, 0.2) is 6.29 Å². The Balaban J connectivity index is 2.41. The lowest BCUT2D eigenvalue weighted by Gasteiger charge is -1.92. The molecule has 0 aliphatic heterocycles. The summed E-state index contributed by atoms with van der Waals surface area (Å²) < 4.78 is 0. The number of benzene rings is 1. The molecule has 0 aliphatic carbocycles. The minimum absolute atomic E-state index is 0.757. The van der Waals surface area contributed by atoms with Crippen LogP contribution in [0.5, 0.6) is 0 Å². The van der Waals surface area contributed by atoms with Gasteiger partial charge in [0, 0.05) is 4.88 Å². The summed E-state index contributed by atoms with van der Waals surface area (Å²) in [7, 11) is 0. The molecule has 0 aliphatic rings. The van der Waals surface area contributed by atoms with Gasteiger partial charge in [0.2, 0.25) is 0 Å². The lowest BCUT2D eigenvalue weighted by molar-refractivity contribution is 0.112. The highest BCUT2D eigenvalue weighted by Crippen LogP contribution is 2.26. The second-order valence-corrected chi connectivity index (χ2v) is 3.71. The van der Waals surface area contributed by atoms with E-state index in [1.165, 1.54) is 11.3 Å². The van der Waals surface area contributed by atoms with Gasteiger partial charge in [-0.3, -0.25) is 4.79 Å². The third kappa shape index (κ3) is 1.68. The first-order chi connectivity index (χ1) is 6.40. The van der Waals surface area contributed by atoms with Crippen molar-refractivity contribution in [3.63, 3.8) is 0 Å². The molecular weight excluding hydrogens is 180 g/mol. The van der Waals surface area contributed by atoms with Crippen molar-refractivity contribution in [1.82, 2.24) is 0 Å². The Morgan fingerprint density at radius 1 is 1.23 bits per heavy atom. The monoisotopic (exact) mass is 187 g/mol. The molecule has 0 bridgehead atoms. The molecule has 1 aromatic carbocycles. The fourth-order valence-electron chi connectivity index (χ4n) is 1.11. The summed E-state index contributed by atoms with van der Waals surface area (Å²) in [4.78, 5) is 12.3. The molecule has 0 fully saturated rings. The van der Waals surface area contributed by atoms with Crippen molar-refractivity contribution in [3.05, 3.63) is 47.3 Å². The van der Waals surface area contributed by atoms with E-state index in [0.717, 1.165) is 21.6 Å². The first kappa shape index (κ1) is 8.20. The van der Waals surface area contributed by atoms with E-state index >= 15 is 0 Å². The van der Waals surface area contributed by atoms with E-state index in [0.29, 0.717) is 0 Å². The number of carbonyl (C=O) groups excluding carboxylic acids is 1. The zero-order valence-corrected chi connectivity index (χ0v) is 7.67. The van der Waals surface area contributed by atoms with Crippen molar-refractivity contribution in [2.24, 2.45) is 0 Å². The van der Waals surface area contributed by atoms with Gasteiger partial charge >= 0.3 is 0 Å². The van der Waals surface area contributed by atoms with Crippen molar-refractivity contribution >= 4 is 17.6 Å². The molecule has 2 heteroatoms. The van der Waals surface area contributed by atoms with Gasteiger partial charge in [0.05, 0.1) is 4.88 Å². The van der Waals surface area contributed by atoms with Crippen LogP contribution in [-0.4, -0.2) is 6.29 Å². The van der Waals surface area contributed by atoms with Crippen molar-refractivity contribution in [2.75, 3.05) is 0 Å². The quantitative estimate of drug-likeness (QED) is 0.660. The van der Waals surface area contributed by atoms with Gasteiger partial charge in [-0.1, -0.05) is 24.3 Å². The molecule has 1 nitrogen and oxygen atoms in total. The van der Waals surface area contributed by atoms with E-state index in [4.69, 9.17) is 0 Å². The van der Waals surface area contributed by atoms with E-state index in [1.54, 1.807) is 0 Å². The minimum atomic E-state index is 0.757. The summed E-state index contributed by atoms with van der Waals surface area (Å²) >= 11 is 1.49. The summed E-state index contributed by atoms with van der Waals surface area (Å²) in [5.74, 6) is 0. The smallest absolute Gasteiger partial charge is 0.160 e. The molecule has 1 radical (unpaired) electrons. The number of carbonyl (C=O) groups is 1. The van der Waals surface area contributed by atoms with Gasteiger partial charge in [-0.05, 0) is 23.8 Å². The maximum Gasteiger partial charge on any atom is 0.160 e. The Labute approximate surface area is 80.7 Å². The zero-order valence-electron chi connectivity index (χ0n) is 6.86.